The second-order valence-corrected chi connectivity index (χ2v) is 4.55. The first-order valence-corrected chi connectivity index (χ1v) is 6.39. The molecule has 0 aliphatic carbocycles. The SMILES string of the molecule is CCCNC(Cc1ccoc1)c1cc(F)cc(F)c1. The van der Waals surface area contributed by atoms with Gasteiger partial charge in [-0.2, -0.15) is 0 Å². The predicted octanol–water partition coefficient (Wildman–Crippen LogP) is 3.84. The Morgan fingerprint density at radius 3 is 2.53 bits per heavy atom. The van der Waals surface area contributed by atoms with E-state index in [9.17, 15) is 8.78 Å². The third-order valence-corrected chi connectivity index (χ3v) is 2.95. The van der Waals surface area contributed by atoms with E-state index >= 15 is 0 Å². The minimum absolute atomic E-state index is 0.122. The number of halogens is 2. The van der Waals surface area contributed by atoms with Crippen LogP contribution in [0.2, 0.25) is 0 Å². The third kappa shape index (κ3) is 3.89. The van der Waals surface area contributed by atoms with Crippen molar-refractivity contribution >= 4 is 0 Å². The van der Waals surface area contributed by atoms with Gasteiger partial charge in [0.05, 0.1) is 12.5 Å². The van der Waals surface area contributed by atoms with Gasteiger partial charge in [0.1, 0.15) is 11.6 Å². The minimum Gasteiger partial charge on any atom is -0.472 e. The summed E-state index contributed by atoms with van der Waals surface area (Å²) in [5.74, 6) is -1.10. The fraction of sp³-hybridized carbons (Fsp3) is 0.333. The number of benzene rings is 1. The van der Waals surface area contributed by atoms with Crippen LogP contribution < -0.4 is 5.32 Å². The highest BCUT2D eigenvalue weighted by Crippen LogP contribution is 2.21. The predicted molar refractivity (Wildman–Crippen MR) is 69.8 cm³/mol. The molecule has 1 atom stereocenters. The second kappa shape index (κ2) is 6.48. The molecule has 1 aromatic carbocycles. The molecule has 0 aliphatic rings. The zero-order valence-corrected chi connectivity index (χ0v) is 10.8. The lowest BCUT2D eigenvalue weighted by molar-refractivity contribution is 0.509. The second-order valence-electron chi connectivity index (χ2n) is 4.55. The van der Waals surface area contributed by atoms with Crippen LogP contribution in [0.3, 0.4) is 0 Å². The Morgan fingerprint density at radius 2 is 1.95 bits per heavy atom. The molecule has 0 spiro atoms. The molecule has 0 amide bonds. The summed E-state index contributed by atoms with van der Waals surface area (Å²) in [4.78, 5) is 0. The van der Waals surface area contributed by atoms with Crippen molar-refractivity contribution in [3.8, 4) is 0 Å². The number of furan rings is 1. The molecule has 0 radical (unpaired) electrons. The van der Waals surface area contributed by atoms with Crippen molar-refractivity contribution in [2.45, 2.75) is 25.8 Å². The summed E-state index contributed by atoms with van der Waals surface area (Å²) in [6, 6.07) is 5.37. The van der Waals surface area contributed by atoms with Gasteiger partial charge in [0.15, 0.2) is 0 Å². The highest BCUT2D eigenvalue weighted by atomic mass is 19.1. The van der Waals surface area contributed by atoms with Crippen LogP contribution >= 0.6 is 0 Å². The lowest BCUT2D eigenvalue weighted by atomic mass is 10.00. The Morgan fingerprint density at radius 1 is 1.21 bits per heavy atom. The first-order chi connectivity index (χ1) is 9.19. The molecule has 2 rings (SSSR count). The fourth-order valence-electron chi connectivity index (χ4n) is 2.05. The largest absolute Gasteiger partial charge is 0.472 e. The van der Waals surface area contributed by atoms with Gasteiger partial charge in [-0.1, -0.05) is 6.92 Å². The van der Waals surface area contributed by atoms with E-state index < -0.39 is 11.6 Å². The maximum absolute atomic E-state index is 13.3. The number of hydrogen-bond donors (Lipinski definition) is 1. The number of hydrogen-bond acceptors (Lipinski definition) is 2. The molecule has 1 N–H and O–H groups in total. The van der Waals surface area contributed by atoms with Gasteiger partial charge >= 0.3 is 0 Å². The fourth-order valence-corrected chi connectivity index (χ4v) is 2.05. The minimum atomic E-state index is -0.550. The molecule has 0 saturated heterocycles. The number of rotatable bonds is 6. The maximum Gasteiger partial charge on any atom is 0.126 e. The van der Waals surface area contributed by atoms with Crippen molar-refractivity contribution in [2.75, 3.05) is 6.54 Å². The van der Waals surface area contributed by atoms with E-state index in [0.717, 1.165) is 24.6 Å². The summed E-state index contributed by atoms with van der Waals surface area (Å²) in [5, 5.41) is 3.30. The molecule has 19 heavy (non-hydrogen) atoms. The Kier molecular flexibility index (Phi) is 4.68. The average Bonchev–Trinajstić information content (AvgIpc) is 2.86. The van der Waals surface area contributed by atoms with Gasteiger partial charge < -0.3 is 9.73 Å². The molecule has 2 aromatic rings. The van der Waals surface area contributed by atoms with E-state index in [1.165, 1.54) is 12.1 Å². The van der Waals surface area contributed by atoms with Gasteiger partial charge in [-0.15, -0.1) is 0 Å². The first-order valence-electron chi connectivity index (χ1n) is 6.39. The quantitative estimate of drug-likeness (QED) is 0.858. The van der Waals surface area contributed by atoms with Crippen LogP contribution in [0.25, 0.3) is 0 Å². The normalized spacial score (nSPS) is 12.6. The molecular weight excluding hydrogens is 248 g/mol. The summed E-state index contributed by atoms with van der Waals surface area (Å²) < 4.78 is 31.6. The topological polar surface area (TPSA) is 25.2 Å². The third-order valence-electron chi connectivity index (χ3n) is 2.95. The van der Waals surface area contributed by atoms with Gasteiger partial charge in [0.2, 0.25) is 0 Å². The van der Waals surface area contributed by atoms with Gasteiger partial charge in [0.25, 0.3) is 0 Å². The summed E-state index contributed by atoms with van der Waals surface area (Å²) in [7, 11) is 0. The zero-order chi connectivity index (χ0) is 13.7. The van der Waals surface area contributed by atoms with Crippen molar-refractivity contribution < 1.29 is 13.2 Å². The Balaban J connectivity index is 2.20. The van der Waals surface area contributed by atoms with Gasteiger partial charge in [-0.25, -0.2) is 8.78 Å². The first kappa shape index (κ1) is 13.7. The van der Waals surface area contributed by atoms with Crippen LogP contribution in [0.15, 0.2) is 41.2 Å². The van der Waals surface area contributed by atoms with Crippen LogP contribution in [0.4, 0.5) is 8.78 Å². The van der Waals surface area contributed by atoms with Crippen LogP contribution in [-0.4, -0.2) is 6.54 Å². The highest BCUT2D eigenvalue weighted by molar-refractivity contribution is 5.24. The molecule has 1 heterocycles. The molecule has 2 nitrogen and oxygen atoms in total. The maximum atomic E-state index is 13.3. The molecule has 1 aromatic heterocycles. The summed E-state index contributed by atoms with van der Waals surface area (Å²) in [6.07, 6.45) is 4.84. The molecular formula is C15H17F2NO. The van der Waals surface area contributed by atoms with Crippen LogP contribution in [0.1, 0.15) is 30.5 Å². The molecule has 4 heteroatoms. The van der Waals surface area contributed by atoms with Gasteiger partial charge in [-0.3, -0.25) is 0 Å². The Hall–Kier alpha value is -1.68. The van der Waals surface area contributed by atoms with Crippen molar-refractivity contribution in [1.29, 1.82) is 0 Å². The lowest BCUT2D eigenvalue weighted by Gasteiger charge is -2.18. The standard InChI is InChI=1S/C15H17F2NO/c1-2-4-18-15(6-11-3-5-19-10-11)12-7-13(16)9-14(17)8-12/h3,5,7-10,15,18H,2,4,6H2,1H3. The molecule has 0 bridgehead atoms. The Labute approximate surface area is 111 Å². The van der Waals surface area contributed by atoms with E-state index in [0.29, 0.717) is 12.0 Å². The molecule has 0 aliphatic heterocycles. The molecule has 0 saturated carbocycles. The zero-order valence-electron chi connectivity index (χ0n) is 10.8. The average molecular weight is 265 g/mol. The van der Waals surface area contributed by atoms with E-state index in [2.05, 4.69) is 5.32 Å². The molecule has 102 valence electrons. The van der Waals surface area contributed by atoms with Crippen molar-refractivity contribution in [3.05, 3.63) is 59.6 Å². The summed E-state index contributed by atoms with van der Waals surface area (Å²) in [6.45, 7) is 2.84. The molecule has 0 fully saturated rings. The van der Waals surface area contributed by atoms with Crippen LogP contribution in [0, 0.1) is 11.6 Å². The van der Waals surface area contributed by atoms with E-state index in [1.54, 1.807) is 12.5 Å². The van der Waals surface area contributed by atoms with Crippen molar-refractivity contribution in [2.24, 2.45) is 0 Å². The highest BCUT2D eigenvalue weighted by Gasteiger charge is 2.14. The monoisotopic (exact) mass is 265 g/mol. The Bertz CT molecular complexity index is 491. The lowest BCUT2D eigenvalue weighted by Crippen LogP contribution is -2.24. The smallest absolute Gasteiger partial charge is 0.126 e. The molecule has 1 unspecified atom stereocenters. The van der Waals surface area contributed by atoms with Gasteiger partial charge in [-0.05, 0) is 48.7 Å². The van der Waals surface area contributed by atoms with Crippen molar-refractivity contribution in [1.82, 2.24) is 5.32 Å². The summed E-state index contributed by atoms with van der Waals surface area (Å²) >= 11 is 0. The van der Waals surface area contributed by atoms with Crippen LogP contribution in [-0.2, 0) is 6.42 Å². The van der Waals surface area contributed by atoms with Gasteiger partial charge in [0, 0.05) is 12.1 Å². The van der Waals surface area contributed by atoms with Crippen molar-refractivity contribution in [3.63, 3.8) is 0 Å². The van der Waals surface area contributed by atoms with Crippen LogP contribution in [0.5, 0.6) is 0 Å². The van der Waals surface area contributed by atoms with E-state index in [4.69, 9.17) is 4.42 Å². The van der Waals surface area contributed by atoms with E-state index in [-0.39, 0.29) is 6.04 Å². The summed E-state index contributed by atoms with van der Waals surface area (Å²) in [5.41, 5.74) is 1.62. The van der Waals surface area contributed by atoms with E-state index in [1.807, 2.05) is 13.0 Å². The number of nitrogens with one attached hydrogen (secondary N) is 1.